The lowest BCUT2D eigenvalue weighted by molar-refractivity contribution is -0.111. The maximum atomic E-state index is 12.3. The van der Waals surface area contributed by atoms with Crippen molar-refractivity contribution in [2.24, 2.45) is 17.8 Å². The SMILES string of the molecule is C=CC(=O)Nc1cc(N2CCN(CC)CC2)ccc1Nc1ncc(C#N)c(NC23CC4CC(CC(C4)C2)C3)n1. The van der Waals surface area contributed by atoms with E-state index in [0.717, 1.165) is 75.4 Å². The summed E-state index contributed by atoms with van der Waals surface area (Å²) in [7, 11) is 0. The summed E-state index contributed by atoms with van der Waals surface area (Å²) in [5.41, 5.74) is 2.86. The second-order valence-corrected chi connectivity index (χ2v) is 11.9. The van der Waals surface area contributed by atoms with E-state index in [2.05, 4.69) is 56.4 Å². The van der Waals surface area contributed by atoms with Gasteiger partial charge >= 0.3 is 0 Å². The van der Waals surface area contributed by atoms with Crippen LogP contribution in [-0.2, 0) is 4.79 Å². The highest BCUT2D eigenvalue weighted by Gasteiger charge is 2.51. The first-order valence-corrected chi connectivity index (χ1v) is 14.3. The number of nitriles is 1. The zero-order chi connectivity index (χ0) is 27.0. The number of anilines is 5. The quantitative estimate of drug-likeness (QED) is 0.423. The summed E-state index contributed by atoms with van der Waals surface area (Å²) >= 11 is 0. The molecule has 4 saturated carbocycles. The van der Waals surface area contributed by atoms with Crippen LogP contribution < -0.4 is 20.9 Å². The molecule has 1 saturated heterocycles. The van der Waals surface area contributed by atoms with E-state index in [1.54, 1.807) is 6.20 Å². The molecule has 1 aromatic heterocycles. The number of rotatable bonds is 8. The van der Waals surface area contributed by atoms with Crippen LogP contribution >= 0.6 is 0 Å². The molecule has 7 rings (SSSR count). The molecule has 1 aromatic carbocycles. The van der Waals surface area contributed by atoms with E-state index in [1.165, 1.54) is 25.3 Å². The third-order valence-electron chi connectivity index (χ3n) is 9.21. The molecule has 5 fully saturated rings. The summed E-state index contributed by atoms with van der Waals surface area (Å²) in [6.07, 6.45) is 10.4. The lowest BCUT2D eigenvalue weighted by Crippen LogP contribution is -2.55. The van der Waals surface area contributed by atoms with Crippen molar-refractivity contribution in [1.82, 2.24) is 14.9 Å². The van der Waals surface area contributed by atoms with Crippen LogP contribution in [0, 0.1) is 29.1 Å². The Balaban J connectivity index is 1.25. The summed E-state index contributed by atoms with van der Waals surface area (Å²) in [6, 6.07) is 8.28. The minimum Gasteiger partial charge on any atom is -0.369 e. The van der Waals surface area contributed by atoms with E-state index in [1.807, 2.05) is 12.1 Å². The number of carbonyl (C=O) groups is 1. The van der Waals surface area contributed by atoms with Crippen molar-refractivity contribution in [2.45, 2.75) is 51.0 Å². The van der Waals surface area contributed by atoms with Gasteiger partial charge in [-0.15, -0.1) is 0 Å². The second-order valence-electron chi connectivity index (χ2n) is 11.9. The predicted molar refractivity (Wildman–Crippen MR) is 154 cm³/mol. The van der Waals surface area contributed by atoms with E-state index in [9.17, 15) is 10.1 Å². The molecule has 39 heavy (non-hydrogen) atoms. The van der Waals surface area contributed by atoms with Crippen LogP contribution in [0.1, 0.15) is 51.0 Å². The van der Waals surface area contributed by atoms with Gasteiger partial charge in [0.05, 0.1) is 17.6 Å². The molecular formula is C30H38N8O. The average molecular weight is 527 g/mol. The minimum atomic E-state index is -0.282. The topological polar surface area (TPSA) is 109 Å². The third kappa shape index (κ3) is 5.30. The number of nitrogens with zero attached hydrogens (tertiary/aromatic N) is 5. The monoisotopic (exact) mass is 526 g/mol. The Hall–Kier alpha value is -3.64. The van der Waals surface area contributed by atoms with Gasteiger partial charge in [-0.2, -0.15) is 10.2 Å². The van der Waals surface area contributed by atoms with Crippen LogP contribution in [0.4, 0.5) is 28.8 Å². The Labute approximate surface area is 230 Å². The number of aromatic nitrogens is 2. The molecule has 2 aromatic rings. The first-order chi connectivity index (χ1) is 19.0. The minimum absolute atomic E-state index is 0.0263. The predicted octanol–water partition coefficient (Wildman–Crippen LogP) is 4.74. The smallest absolute Gasteiger partial charge is 0.247 e. The molecule has 0 spiro atoms. The van der Waals surface area contributed by atoms with Gasteiger partial charge < -0.3 is 25.8 Å². The van der Waals surface area contributed by atoms with Gasteiger partial charge in [0.25, 0.3) is 0 Å². The molecule has 0 unspecified atom stereocenters. The third-order valence-corrected chi connectivity index (χ3v) is 9.21. The number of nitrogens with one attached hydrogen (secondary N) is 3. The van der Waals surface area contributed by atoms with Gasteiger partial charge in [0.15, 0.2) is 0 Å². The zero-order valence-electron chi connectivity index (χ0n) is 22.7. The molecular weight excluding hydrogens is 488 g/mol. The molecule has 2 heterocycles. The van der Waals surface area contributed by atoms with Gasteiger partial charge in [-0.3, -0.25) is 4.79 Å². The standard InChI is InChI=1S/C30H38N8O/c1-3-27(39)33-26-14-24(38-9-7-37(4-2)8-10-38)5-6-25(26)34-29-32-19-23(18-31)28(35-29)36-30-15-20-11-21(16-30)13-22(12-20)17-30/h3,5-6,14,19-22H,1,4,7-13,15-17H2,2H3,(H,33,39)(H2,32,34,35,36). The highest BCUT2D eigenvalue weighted by molar-refractivity contribution is 6.02. The van der Waals surface area contributed by atoms with Crippen molar-refractivity contribution >= 4 is 34.7 Å². The molecule has 0 atom stereocenters. The zero-order valence-corrected chi connectivity index (χ0v) is 22.7. The number of hydrogen-bond acceptors (Lipinski definition) is 8. The Morgan fingerprint density at radius 1 is 1.13 bits per heavy atom. The average Bonchev–Trinajstić information content (AvgIpc) is 2.93. The first kappa shape index (κ1) is 25.6. The highest BCUT2D eigenvalue weighted by atomic mass is 16.1. The van der Waals surface area contributed by atoms with Crippen LogP contribution in [0.15, 0.2) is 37.1 Å². The van der Waals surface area contributed by atoms with Crippen molar-refractivity contribution in [3.8, 4) is 6.07 Å². The van der Waals surface area contributed by atoms with Crippen LogP contribution in [-0.4, -0.2) is 59.0 Å². The molecule has 204 valence electrons. The van der Waals surface area contributed by atoms with Gasteiger partial charge in [0, 0.05) is 37.4 Å². The van der Waals surface area contributed by atoms with Gasteiger partial charge in [-0.1, -0.05) is 13.5 Å². The van der Waals surface area contributed by atoms with Crippen molar-refractivity contribution in [3.05, 3.63) is 42.6 Å². The first-order valence-electron chi connectivity index (χ1n) is 14.3. The number of benzene rings is 1. The molecule has 9 heteroatoms. The van der Waals surface area contributed by atoms with Crippen molar-refractivity contribution in [1.29, 1.82) is 5.26 Å². The molecule has 1 amide bonds. The van der Waals surface area contributed by atoms with Crippen LogP contribution in [0.25, 0.3) is 0 Å². The molecule has 3 N–H and O–H groups in total. The molecule has 4 bridgehead atoms. The van der Waals surface area contributed by atoms with E-state index in [0.29, 0.717) is 28.7 Å². The van der Waals surface area contributed by atoms with Crippen molar-refractivity contribution < 1.29 is 4.79 Å². The Bertz CT molecular complexity index is 1260. The van der Waals surface area contributed by atoms with Gasteiger partial charge in [-0.25, -0.2) is 4.98 Å². The maximum absolute atomic E-state index is 12.3. The van der Waals surface area contributed by atoms with E-state index in [-0.39, 0.29) is 11.4 Å². The lowest BCUT2D eigenvalue weighted by Gasteiger charge is -2.57. The highest BCUT2D eigenvalue weighted by Crippen LogP contribution is 2.56. The van der Waals surface area contributed by atoms with E-state index < -0.39 is 0 Å². The normalized spacial score (nSPS) is 27.6. The summed E-state index contributed by atoms with van der Waals surface area (Å²) in [5, 5.41) is 19.8. The van der Waals surface area contributed by atoms with Crippen molar-refractivity contribution in [2.75, 3.05) is 53.6 Å². The Morgan fingerprint density at radius 3 is 2.44 bits per heavy atom. The Morgan fingerprint density at radius 2 is 1.82 bits per heavy atom. The molecule has 5 aliphatic rings. The number of amides is 1. The number of piperazine rings is 1. The largest absolute Gasteiger partial charge is 0.369 e. The molecule has 0 radical (unpaired) electrons. The number of hydrogen-bond donors (Lipinski definition) is 3. The van der Waals surface area contributed by atoms with Crippen molar-refractivity contribution in [3.63, 3.8) is 0 Å². The van der Waals surface area contributed by atoms with Crippen LogP contribution in [0.2, 0.25) is 0 Å². The Kier molecular flexibility index (Phi) is 6.90. The van der Waals surface area contributed by atoms with Crippen LogP contribution in [0.5, 0.6) is 0 Å². The van der Waals surface area contributed by atoms with Gasteiger partial charge in [0.1, 0.15) is 17.5 Å². The van der Waals surface area contributed by atoms with Crippen LogP contribution in [0.3, 0.4) is 0 Å². The summed E-state index contributed by atoms with van der Waals surface area (Å²) < 4.78 is 0. The summed E-state index contributed by atoms with van der Waals surface area (Å²) in [5.74, 6) is 3.06. The van der Waals surface area contributed by atoms with Gasteiger partial charge in [0.2, 0.25) is 11.9 Å². The summed E-state index contributed by atoms with van der Waals surface area (Å²) in [6.45, 7) is 10.8. The fourth-order valence-electron chi connectivity index (χ4n) is 7.70. The second kappa shape index (κ2) is 10.5. The molecule has 9 nitrogen and oxygen atoms in total. The van der Waals surface area contributed by atoms with Gasteiger partial charge in [-0.05, 0) is 87.1 Å². The fraction of sp³-hybridized carbons (Fsp3) is 0.533. The summed E-state index contributed by atoms with van der Waals surface area (Å²) in [4.78, 5) is 26.3. The lowest BCUT2D eigenvalue weighted by atomic mass is 9.53. The maximum Gasteiger partial charge on any atom is 0.247 e. The van der Waals surface area contributed by atoms with E-state index in [4.69, 9.17) is 4.98 Å². The number of likely N-dealkylation sites (N-methyl/N-ethyl adjacent to an activating group) is 1. The van der Waals surface area contributed by atoms with E-state index >= 15 is 0 Å². The molecule has 4 aliphatic carbocycles. The fourth-order valence-corrected chi connectivity index (χ4v) is 7.70. The molecule has 1 aliphatic heterocycles. The number of carbonyl (C=O) groups excluding carboxylic acids is 1.